The quantitative estimate of drug-likeness (QED) is 0.534. The number of hydrogen-bond acceptors (Lipinski definition) is 3. The summed E-state index contributed by atoms with van der Waals surface area (Å²) >= 11 is 0. The Labute approximate surface area is 126 Å². The van der Waals surface area contributed by atoms with Crippen LogP contribution in [0.1, 0.15) is 19.9 Å². The van der Waals surface area contributed by atoms with Crippen molar-refractivity contribution in [3.05, 3.63) is 58.4 Å². The first-order valence-corrected chi connectivity index (χ1v) is 6.90. The minimum absolute atomic E-state index is 0.0275. The third-order valence-electron chi connectivity index (χ3n) is 3.51. The number of nitro groups is 1. The number of rotatable bonds is 3. The number of aromatic nitrogens is 2. The second-order valence-electron chi connectivity index (χ2n) is 5.31. The summed E-state index contributed by atoms with van der Waals surface area (Å²) in [5.41, 5.74) is 1.74. The van der Waals surface area contributed by atoms with Gasteiger partial charge >= 0.3 is 0 Å². The van der Waals surface area contributed by atoms with E-state index in [9.17, 15) is 14.5 Å². The van der Waals surface area contributed by atoms with Gasteiger partial charge in [0.15, 0.2) is 5.52 Å². The van der Waals surface area contributed by atoms with Gasteiger partial charge in [-0.15, -0.1) is 0 Å². The van der Waals surface area contributed by atoms with E-state index in [0.717, 1.165) is 5.56 Å². The number of para-hydroxylation sites is 1. The molecular formula is C16H14FN3O2. The minimum atomic E-state index is -0.436. The highest BCUT2D eigenvalue weighted by Crippen LogP contribution is 2.32. The van der Waals surface area contributed by atoms with Gasteiger partial charge in [-0.3, -0.25) is 10.1 Å². The maximum Gasteiger partial charge on any atom is 0.297 e. The van der Waals surface area contributed by atoms with E-state index in [-0.39, 0.29) is 17.5 Å². The monoisotopic (exact) mass is 299 g/mol. The van der Waals surface area contributed by atoms with Crippen molar-refractivity contribution in [2.24, 2.45) is 0 Å². The van der Waals surface area contributed by atoms with Crippen molar-refractivity contribution in [2.45, 2.75) is 19.9 Å². The highest BCUT2D eigenvalue weighted by molar-refractivity contribution is 5.88. The summed E-state index contributed by atoms with van der Waals surface area (Å²) in [4.78, 5) is 15.2. The molecule has 0 atom stereocenters. The zero-order valence-corrected chi connectivity index (χ0v) is 12.2. The van der Waals surface area contributed by atoms with E-state index in [1.807, 2.05) is 24.5 Å². The summed E-state index contributed by atoms with van der Waals surface area (Å²) < 4.78 is 15.0. The number of non-ortho nitro benzene ring substituents is 1. The first-order valence-electron chi connectivity index (χ1n) is 6.90. The van der Waals surface area contributed by atoms with E-state index < -0.39 is 4.92 Å². The molecule has 0 saturated heterocycles. The number of nitrogens with zero attached hydrogens (tertiary/aromatic N) is 3. The van der Waals surface area contributed by atoms with Gasteiger partial charge in [0.2, 0.25) is 0 Å². The van der Waals surface area contributed by atoms with Crippen LogP contribution in [0.4, 0.5) is 10.1 Å². The Kier molecular flexibility index (Phi) is 3.36. The van der Waals surface area contributed by atoms with Crippen molar-refractivity contribution in [1.82, 2.24) is 9.55 Å². The van der Waals surface area contributed by atoms with E-state index in [4.69, 9.17) is 0 Å². The van der Waals surface area contributed by atoms with Crippen LogP contribution in [0.2, 0.25) is 0 Å². The lowest BCUT2D eigenvalue weighted by molar-refractivity contribution is -0.383. The maximum absolute atomic E-state index is 13.1. The summed E-state index contributed by atoms with van der Waals surface area (Å²) in [6, 6.07) is 10.9. The molecule has 0 fully saturated rings. The largest absolute Gasteiger partial charge is 0.321 e. The van der Waals surface area contributed by atoms with Crippen LogP contribution in [-0.2, 0) is 0 Å². The number of imidazole rings is 1. The minimum Gasteiger partial charge on any atom is -0.321 e. The third-order valence-corrected chi connectivity index (χ3v) is 3.51. The molecule has 0 aliphatic heterocycles. The van der Waals surface area contributed by atoms with Crippen LogP contribution in [0.15, 0.2) is 42.5 Å². The molecule has 1 aromatic heterocycles. The van der Waals surface area contributed by atoms with Crippen molar-refractivity contribution in [3.8, 4) is 11.4 Å². The molecule has 2 aromatic carbocycles. The zero-order chi connectivity index (χ0) is 15.9. The fourth-order valence-corrected chi connectivity index (χ4v) is 2.57. The van der Waals surface area contributed by atoms with Crippen molar-refractivity contribution in [3.63, 3.8) is 0 Å². The molecule has 0 aliphatic rings. The highest BCUT2D eigenvalue weighted by Gasteiger charge is 2.21. The average Bonchev–Trinajstić information content (AvgIpc) is 2.87. The molecule has 0 bridgehead atoms. The maximum atomic E-state index is 13.1. The molecule has 0 saturated carbocycles. The Morgan fingerprint density at radius 2 is 1.86 bits per heavy atom. The van der Waals surface area contributed by atoms with E-state index in [1.54, 1.807) is 18.2 Å². The van der Waals surface area contributed by atoms with Gasteiger partial charge in [0.25, 0.3) is 5.69 Å². The van der Waals surface area contributed by atoms with Gasteiger partial charge < -0.3 is 4.57 Å². The fourth-order valence-electron chi connectivity index (χ4n) is 2.57. The molecule has 0 spiro atoms. The molecule has 3 aromatic rings. The van der Waals surface area contributed by atoms with Gasteiger partial charge in [-0.25, -0.2) is 9.37 Å². The van der Waals surface area contributed by atoms with Crippen LogP contribution in [0.25, 0.3) is 22.4 Å². The Hall–Kier alpha value is -2.76. The van der Waals surface area contributed by atoms with Crippen molar-refractivity contribution in [2.75, 3.05) is 0 Å². The Morgan fingerprint density at radius 3 is 2.45 bits per heavy atom. The molecule has 3 rings (SSSR count). The zero-order valence-electron chi connectivity index (χ0n) is 12.2. The summed E-state index contributed by atoms with van der Waals surface area (Å²) in [6.45, 7) is 3.96. The lowest BCUT2D eigenvalue weighted by Crippen LogP contribution is -2.03. The van der Waals surface area contributed by atoms with E-state index >= 15 is 0 Å². The Morgan fingerprint density at radius 1 is 1.18 bits per heavy atom. The van der Waals surface area contributed by atoms with Crippen molar-refractivity contribution in [1.29, 1.82) is 0 Å². The van der Waals surface area contributed by atoms with Crippen LogP contribution in [-0.4, -0.2) is 14.5 Å². The Balaban J connectivity index is 2.34. The number of hydrogen-bond donors (Lipinski definition) is 0. The first-order chi connectivity index (χ1) is 10.5. The molecule has 0 unspecified atom stereocenters. The molecule has 0 amide bonds. The van der Waals surface area contributed by atoms with Crippen LogP contribution in [0.3, 0.4) is 0 Å². The molecular weight excluding hydrogens is 285 g/mol. The number of halogens is 1. The second kappa shape index (κ2) is 5.22. The third kappa shape index (κ3) is 2.22. The van der Waals surface area contributed by atoms with E-state index in [2.05, 4.69) is 4.98 Å². The molecule has 0 N–H and O–H groups in total. The topological polar surface area (TPSA) is 61.0 Å². The molecule has 112 valence electrons. The van der Waals surface area contributed by atoms with Crippen LogP contribution in [0.5, 0.6) is 0 Å². The Bertz CT molecular complexity index is 854. The van der Waals surface area contributed by atoms with Crippen LogP contribution < -0.4 is 0 Å². The fraction of sp³-hybridized carbons (Fsp3) is 0.188. The van der Waals surface area contributed by atoms with Gasteiger partial charge in [-0.05, 0) is 44.2 Å². The second-order valence-corrected chi connectivity index (χ2v) is 5.31. The molecule has 5 nitrogen and oxygen atoms in total. The smallest absolute Gasteiger partial charge is 0.297 e. The van der Waals surface area contributed by atoms with Crippen molar-refractivity contribution < 1.29 is 9.31 Å². The van der Waals surface area contributed by atoms with Gasteiger partial charge in [-0.2, -0.15) is 0 Å². The van der Waals surface area contributed by atoms with Gasteiger partial charge in [0, 0.05) is 17.7 Å². The predicted molar refractivity (Wildman–Crippen MR) is 82.2 cm³/mol. The standard InChI is InChI=1S/C16H14FN3O2/c1-10(2)19-13-4-3-5-14(20(21)22)15(13)18-16(19)11-6-8-12(17)9-7-11/h3-10H,1-2H3. The summed E-state index contributed by atoms with van der Waals surface area (Å²) in [7, 11) is 0. The molecule has 22 heavy (non-hydrogen) atoms. The molecule has 1 heterocycles. The summed E-state index contributed by atoms with van der Waals surface area (Å²) in [6.07, 6.45) is 0. The number of benzene rings is 2. The highest BCUT2D eigenvalue weighted by atomic mass is 19.1. The molecule has 0 aliphatic carbocycles. The first kappa shape index (κ1) is 14.2. The predicted octanol–water partition coefficient (Wildman–Crippen LogP) is 4.33. The van der Waals surface area contributed by atoms with E-state index in [1.165, 1.54) is 18.2 Å². The van der Waals surface area contributed by atoms with Crippen LogP contribution >= 0.6 is 0 Å². The molecule has 0 radical (unpaired) electrons. The van der Waals surface area contributed by atoms with Crippen LogP contribution in [0, 0.1) is 15.9 Å². The summed E-state index contributed by atoms with van der Waals surface area (Å²) in [5.74, 6) is 0.265. The lowest BCUT2D eigenvalue weighted by Gasteiger charge is -2.13. The lowest BCUT2D eigenvalue weighted by atomic mass is 10.2. The van der Waals surface area contributed by atoms with Gasteiger partial charge in [-0.1, -0.05) is 6.07 Å². The normalized spacial score (nSPS) is 11.3. The van der Waals surface area contributed by atoms with Gasteiger partial charge in [0.1, 0.15) is 11.6 Å². The van der Waals surface area contributed by atoms with Gasteiger partial charge in [0.05, 0.1) is 10.4 Å². The number of fused-ring (bicyclic) bond motifs is 1. The van der Waals surface area contributed by atoms with E-state index in [0.29, 0.717) is 16.9 Å². The van der Waals surface area contributed by atoms with Crippen molar-refractivity contribution >= 4 is 16.7 Å². The molecule has 6 heteroatoms. The summed E-state index contributed by atoms with van der Waals surface area (Å²) in [5, 5.41) is 11.2. The SMILES string of the molecule is CC(C)n1c(-c2ccc(F)cc2)nc2c([N+](=O)[O-])cccc21. The number of nitro benzene ring substituents is 1. The average molecular weight is 299 g/mol.